The first-order valence-corrected chi connectivity index (χ1v) is 12.2. The second kappa shape index (κ2) is 18.2. The van der Waals surface area contributed by atoms with Gasteiger partial charge in [-0.2, -0.15) is 10.3 Å². The minimum atomic E-state index is 0. The molecule has 0 aliphatic carbocycles. The second-order valence-corrected chi connectivity index (χ2v) is 9.02. The largest absolute Gasteiger partial charge is 2.00 e. The van der Waals surface area contributed by atoms with E-state index in [1.807, 2.05) is 47.0 Å². The van der Waals surface area contributed by atoms with E-state index in [9.17, 15) is 0 Å². The molecule has 146 valence electrons. The summed E-state index contributed by atoms with van der Waals surface area (Å²) in [6, 6.07) is 0. The van der Waals surface area contributed by atoms with Gasteiger partial charge in [0.05, 0.1) is 0 Å². The minimum Gasteiger partial charge on any atom is -0.753 e. The van der Waals surface area contributed by atoms with Crippen molar-refractivity contribution < 1.29 is 17.1 Å². The Bertz CT molecular complexity index is 550. The Balaban J connectivity index is 0.000000380. The molecule has 0 atom stereocenters. The van der Waals surface area contributed by atoms with Crippen molar-refractivity contribution in [3.05, 3.63) is 10.8 Å². The third kappa shape index (κ3) is 11.7. The monoisotopic (exact) mass is 516 g/mol. The molecule has 13 heteroatoms. The van der Waals surface area contributed by atoms with Gasteiger partial charge in [0.25, 0.3) is 0 Å². The maximum atomic E-state index is 7.13. The summed E-state index contributed by atoms with van der Waals surface area (Å²) < 4.78 is 0. The summed E-state index contributed by atoms with van der Waals surface area (Å²) in [5.41, 5.74) is 0. The molecule has 0 radical (unpaired) electrons. The van der Waals surface area contributed by atoms with Crippen molar-refractivity contribution in [2.75, 3.05) is 49.2 Å². The zero-order chi connectivity index (χ0) is 19.0. The number of rotatable bonds is 2. The van der Waals surface area contributed by atoms with Crippen LogP contribution < -0.4 is 0 Å². The molecular formula is C14H16FeN6S6. The number of thioether (sulfide) groups is 4. The van der Waals surface area contributed by atoms with Gasteiger partial charge in [-0.25, -0.2) is 0 Å². The molecule has 0 saturated carbocycles. The van der Waals surface area contributed by atoms with Gasteiger partial charge in [0.1, 0.15) is 20.2 Å². The Morgan fingerprint density at radius 3 is 0.889 bits per heavy atom. The molecule has 4 aliphatic heterocycles. The van der Waals surface area contributed by atoms with E-state index in [0.717, 1.165) is 49.2 Å². The molecule has 0 aromatic carbocycles. The van der Waals surface area contributed by atoms with Crippen molar-refractivity contribution in [3.8, 4) is 0 Å². The molecule has 0 unspecified atom stereocenters. The van der Waals surface area contributed by atoms with Crippen molar-refractivity contribution in [1.82, 2.24) is 0 Å². The molecule has 0 spiro atoms. The molecular weight excluding hydrogens is 500 g/mol. The fourth-order valence-electron chi connectivity index (χ4n) is 1.86. The Labute approximate surface area is 197 Å². The van der Waals surface area contributed by atoms with Crippen LogP contribution in [0.4, 0.5) is 0 Å². The molecule has 0 fully saturated rings. The summed E-state index contributed by atoms with van der Waals surface area (Å²) in [6.45, 7) is 3.94. The van der Waals surface area contributed by atoms with Crippen LogP contribution in [0.3, 0.4) is 0 Å². The van der Waals surface area contributed by atoms with Crippen LogP contribution in [-0.4, -0.2) is 79.7 Å². The minimum absolute atomic E-state index is 0. The van der Waals surface area contributed by atoms with Crippen LogP contribution in [0.1, 0.15) is 0 Å². The zero-order valence-electron chi connectivity index (χ0n) is 14.1. The Hall–Kier alpha value is 0.199. The van der Waals surface area contributed by atoms with Crippen LogP contribution in [0.2, 0.25) is 0 Å². The Morgan fingerprint density at radius 1 is 0.593 bits per heavy atom. The molecule has 27 heavy (non-hydrogen) atoms. The van der Waals surface area contributed by atoms with Crippen molar-refractivity contribution in [3.63, 3.8) is 0 Å². The van der Waals surface area contributed by atoms with Crippen LogP contribution in [0, 0.1) is 0 Å². The van der Waals surface area contributed by atoms with E-state index < -0.39 is 0 Å². The second-order valence-electron chi connectivity index (χ2n) is 4.32. The summed E-state index contributed by atoms with van der Waals surface area (Å²) in [7, 11) is 0. The quantitative estimate of drug-likeness (QED) is 0.314. The zero-order valence-corrected chi connectivity index (χ0v) is 20.1. The molecule has 0 N–H and O–H groups in total. The van der Waals surface area contributed by atoms with E-state index in [-0.39, 0.29) is 17.1 Å². The van der Waals surface area contributed by atoms with Gasteiger partial charge >= 0.3 is 17.1 Å². The topological polar surface area (TPSA) is 94.0 Å². The maximum absolute atomic E-state index is 7.13. The van der Waals surface area contributed by atoms with Crippen LogP contribution in [0.15, 0.2) is 20.0 Å². The van der Waals surface area contributed by atoms with Gasteiger partial charge in [-0.1, -0.05) is 24.4 Å². The molecule has 4 aliphatic rings. The van der Waals surface area contributed by atoms with E-state index in [0.29, 0.717) is 0 Å². The van der Waals surface area contributed by atoms with Crippen molar-refractivity contribution in [1.29, 1.82) is 0 Å². The average Bonchev–Trinajstić information content (AvgIpc) is 3.48. The first-order chi connectivity index (χ1) is 12.8. The van der Waals surface area contributed by atoms with E-state index in [2.05, 4.69) is 44.4 Å². The predicted octanol–water partition coefficient (Wildman–Crippen LogP) is 3.87. The van der Waals surface area contributed by atoms with E-state index in [1.165, 1.54) is 30.5 Å². The number of aliphatic imine (C=N–C) groups is 4. The summed E-state index contributed by atoms with van der Waals surface area (Å²) in [6.07, 6.45) is 0. The molecule has 0 bridgehead atoms. The van der Waals surface area contributed by atoms with E-state index >= 15 is 0 Å². The summed E-state index contributed by atoms with van der Waals surface area (Å²) in [5.74, 6) is 4.59. The van der Waals surface area contributed by atoms with Crippen LogP contribution >= 0.6 is 71.5 Å². The first-order valence-electron chi connectivity index (χ1n) is 7.49. The third-order valence-corrected chi connectivity index (χ3v) is 6.90. The average molecular weight is 517 g/mol. The fraction of sp³-hybridized carbons (Fsp3) is 0.571. The van der Waals surface area contributed by atoms with Gasteiger partial charge in [0.15, 0.2) is 0 Å². The van der Waals surface area contributed by atoms with Crippen LogP contribution in [0.25, 0.3) is 10.8 Å². The summed E-state index contributed by atoms with van der Waals surface area (Å²) in [5, 5.41) is 21.7. The van der Waals surface area contributed by atoms with Gasteiger partial charge in [-0.05, 0) is 0 Å². The van der Waals surface area contributed by atoms with Crippen molar-refractivity contribution in [2.24, 2.45) is 20.0 Å². The fourth-order valence-corrected chi connectivity index (χ4v) is 5.55. The van der Waals surface area contributed by atoms with Crippen molar-refractivity contribution in [2.45, 2.75) is 0 Å². The number of hydrogen-bond donors (Lipinski definition) is 0. The van der Waals surface area contributed by atoms with Crippen molar-refractivity contribution >= 4 is 102 Å². The molecule has 0 amide bonds. The number of hydrogen-bond acceptors (Lipinski definition) is 10. The van der Waals surface area contributed by atoms with Gasteiger partial charge in [0.2, 0.25) is 0 Å². The Kier molecular flexibility index (Phi) is 18.4. The molecule has 4 rings (SSSR count). The normalized spacial score (nSPS) is 19.0. The summed E-state index contributed by atoms with van der Waals surface area (Å²) in [4.78, 5) is 17.4. The number of nitrogens with zero attached hydrogens (tertiary/aromatic N) is 6. The van der Waals surface area contributed by atoms with Gasteiger partial charge < -0.3 is 10.8 Å². The maximum Gasteiger partial charge on any atom is 2.00 e. The number of isothiocyanates is 2. The molecule has 6 nitrogen and oxygen atoms in total. The SMILES string of the molecule is C1CSC(C2=NCCS2)=N1.C1CSC(C2=NCCS2)=N1.[Fe+2].[N-]=C=S.[N-]=C=S. The van der Waals surface area contributed by atoms with E-state index in [4.69, 9.17) is 10.8 Å². The van der Waals surface area contributed by atoms with E-state index in [1.54, 1.807) is 0 Å². The van der Waals surface area contributed by atoms with Gasteiger partial charge in [-0.3, -0.25) is 20.0 Å². The standard InChI is InChI=1S/2C6H8N2S2.2CNS.Fe/c2*1-3-9-5(7-1)6-8-2-4-10-6;2*2-1-3;/h2*1-4H2;;;/q;;2*-1;+2. The molecule has 0 aromatic heterocycles. The molecule has 0 saturated heterocycles. The third-order valence-electron chi connectivity index (χ3n) is 2.71. The first kappa shape index (κ1) is 27.2. The van der Waals surface area contributed by atoms with Crippen LogP contribution in [0.5, 0.6) is 0 Å². The predicted molar refractivity (Wildman–Crippen MR) is 131 cm³/mol. The Morgan fingerprint density at radius 2 is 0.778 bits per heavy atom. The smallest absolute Gasteiger partial charge is 0.753 e. The summed E-state index contributed by atoms with van der Waals surface area (Å²) >= 11 is 14.8. The molecule has 4 heterocycles. The molecule has 0 aromatic rings. The van der Waals surface area contributed by atoms with Gasteiger partial charge in [0, 0.05) is 49.2 Å². The van der Waals surface area contributed by atoms with Gasteiger partial charge in [-0.15, -0.1) is 47.0 Å². The van der Waals surface area contributed by atoms with Crippen LogP contribution in [-0.2, 0) is 17.1 Å². The number of thiocarbonyl (C=S) groups is 2.